The van der Waals surface area contributed by atoms with Gasteiger partial charge in [0.2, 0.25) is 5.82 Å². The summed E-state index contributed by atoms with van der Waals surface area (Å²) >= 11 is 0. The van der Waals surface area contributed by atoms with E-state index in [9.17, 15) is 18.9 Å². The summed E-state index contributed by atoms with van der Waals surface area (Å²) in [5.74, 6) is -2.90. The van der Waals surface area contributed by atoms with E-state index in [1.807, 2.05) is 0 Å². The Hall–Kier alpha value is -2.45. The summed E-state index contributed by atoms with van der Waals surface area (Å²) in [6.07, 6.45) is -0.00541. The van der Waals surface area contributed by atoms with Crippen LogP contribution in [0, 0.1) is 21.7 Å². The Morgan fingerprint density at radius 3 is 2.72 bits per heavy atom. The average Bonchev–Trinajstić information content (AvgIpc) is 2.32. The van der Waals surface area contributed by atoms with Crippen molar-refractivity contribution in [3.8, 4) is 5.75 Å². The highest BCUT2D eigenvalue weighted by atomic mass is 19.1. The molecule has 0 amide bonds. The second kappa shape index (κ2) is 5.75. The van der Waals surface area contributed by atoms with E-state index in [2.05, 4.69) is 5.16 Å². The maximum Gasteiger partial charge on any atom is 0.307 e. The summed E-state index contributed by atoms with van der Waals surface area (Å²) in [5, 5.41) is 21.2. The van der Waals surface area contributed by atoms with Crippen molar-refractivity contribution in [1.29, 1.82) is 0 Å². The van der Waals surface area contributed by atoms with Crippen LogP contribution in [-0.4, -0.2) is 22.6 Å². The lowest BCUT2D eigenvalue weighted by Gasteiger charge is -2.06. The van der Waals surface area contributed by atoms with E-state index in [4.69, 9.17) is 15.7 Å². The summed E-state index contributed by atoms with van der Waals surface area (Å²) in [4.78, 5) is 9.28. The van der Waals surface area contributed by atoms with E-state index in [-0.39, 0.29) is 18.9 Å². The topological polar surface area (TPSA) is 111 Å². The molecule has 0 saturated carbocycles. The molecule has 0 atom stereocenters. The predicted octanol–water partition coefficient (Wildman–Crippen LogP) is 1.39. The van der Waals surface area contributed by atoms with Gasteiger partial charge in [-0.25, -0.2) is 4.39 Å². The molecular weight excluding hydrogens is 252 g/mol. The van der Waals surface area contributed by atoms with Crippen LogP contribution in [-0.2, 0) is 0 Å². The number of halogens is 2. The molecule has 0 saturated heterocycles. The lowest BCUT2D eigenvalue weighted by atomic mass is 10.3. The Bertz CT molecular complexity index is 493. The molecule has 0 unspecified atom stereocenters. The van der Waals surface area contributed by atoms with Crippen LogP contribution in [0.25, 0.3) is 0 Å². The second-order valence-corrected chi connectivity index (χ2v) is 3.18. The highest BCUT2D eigenvalue weighted by molar-refractivity contribution is 5.79. The lowest BCUT2D eigenvalue weighted by molar-refractivity contribution is -0.387. The first-order valence-corrected chi connectivity index (χ1v) is 4.68. The molecule has 9 heteroatoms. The molecule has 0 aliphatic heterocycles. The van der Waals surface area contributed by atoms with Crippen molar-refractivity contribution in [3.63, 3.8) is 0 Å². The van der Waals surface area contributed by atoms with Crippen molar-refractivity contribution >= 4 is 11.5 Å². The maximum atomic E-state index is 13.3. The van der Waals surface area contributed by atoms with Gasteiger partial charge in [-0.2, -0.15) is 4.39 Å². The fourth-order valence-corrected chi connectivity index (χ4v) is 1.08. The predicted molar refractivity (Wildman–Crippen MR) is 56.5 cm³/mol. The Labute approximate surface area is 99.6 Å². The molecule has 3 N–H and O–H groups in total. The number of hydrogen-bond acceptors (Lipinski definition) is 5. The summed E-state index contributed by atoms with van der Waals surface area (Å²) in [7, 11) is 0. The van der Waals surface area contributed by atoms with E-state index in [1.165, 1.54) is 0 Å². The molecule has 0 radical (unpaired) electrons. The second-order valence-electron chi connectivity index (χ2n) is 3.18. The molecule has 0 bridgehead atoms. The van der Waals surface area contributed by atoms with Crippen LogP contribution in [0.2, 0.25) is 0 Å². The van der Waals surface area contributed by atoms with E-state index < -0.39 is 28.0 Å². The Morgan fingerprint density at radius 2 is 2.17 bits per heavy atom. The summed E-state index contributed by atoms with van der Waals surface area (Å²) in [6.45, 7) is -0.163. The molecular formula is C9H9F2N3O4. The van der Waals surface area contributed by atoms with Crippen molar-refractivity contribution < 1.29 is 23.6 Å². The maximum absolute atomic E-state index is 13.3. The minimum absolute atomic E-state index is 0.00541. The third-order valence-corrected chi connectivity index (χ3v) is 1.94. The number of rotatable bonds is 5. The molecule has 0 heterocycles. The molecule has 7 nitrogen and oxygen atoms in total. The average molecular weight is 261 g/mol. The molecule has 0 spiro atoms. The normalized spacial score (nSPS) is 11.3. The zero-order valence-corrected chi connectivity index (χ0v) is 8.97. The first kappa shape index (κ1) is 13.6. The first-order valence-electron chi connectivity index (χ1n) is 4.68. The van der Waals surface area contributed by atoms with Crippen LogP contribution in [0.1, 0.15) is 6.42 Å². The SMILES string of the molecule is NC(CCOc1cc(F)c([N+](=O)[O-])cc1F)=NO. The molecule has 18 heavy (non-hydrogen) atoms. The number of nitro groups is 1. The smallest absolute Gasteiger partial charge is 0.307 e. The van der Waals surface area contributed by atoms with Crippen molar-refractivity contribution in [2.45, 2.75) is 6.42 Å². The van der Waals surface area contributed by atoms with Crippen LogP contribution in [0.5, 0.6) is 5.75 Å². The number of hydrogen-bond donors (Lipinski definition) is 2. The number of oxime groups is 1. The van der Waals surface area contributed by atoms with Crippen molar-refractivity contribution in [1.82, 2.24) is 0 Å². The van der Waals surface area contributed by atoms with Gasteiger partial charge in [0.1, 0.15) is 5.84 Å². The van der Waals surface area contributed by atoms with Crippen LogP contribution in [0.4, 0.5) is 14.5 Å². The Balaban J connectivity index is 2.79. The molecule has 0 aliphatic carbocycles. The van der Waals surface area contributed by atoms with Crippen molar-refractivity contribution in [3.05, 3.63) is 33.9 Å². The number of nitrogens with zero attached hydrogens (tertiary/aromatic N) is 2. The van der Waals surface area contributed by atoms with Gasteiger partial charge < -0.3 is 15.7 Å². The van der Waals surface area contributed by atoms with Gasteiger partial charge in [-0.15, -0.1) is 0 Å². The Kier molecular flexibility index (Phi) is 4.35. The minimum atomic E-state index is -1.21. The Morgan fingerprint density at radius 1 is 1.50 bits per heavy atom. The van der Waals surface area contributed by atoms with Gasteiger partial charge in [-0.05, 0) is 0 Å². The van der Waals surface area contributed by atoms with Crippen LogP contribution < -0.4 is 10.5 Å². The first-order chi connectivity index (χ1) is 8.45. The lowest BCUT2D eigenvalue weighted by Crippen LogP contribution is -2.15. The standard InChI is InChI=1S/C9H9F2N3O4/c10-5-4-8(18-2-1-9(12)13-15)6(11)3-7(5)14(16)17/h3-4,15H,1-2H2,(H2,12,13). The van der Waals surface area contributed by atoms with Crippen LogP contribution >= 0.6 is 0 Å². The van der Waals surface area contributed by atoms with E-state index in [1.54, 1.807) is 0 Å². The van der Waals surface area contributed by atoms with Gasteiger partial charge in [0.25, 0.3) is 0 Å². The van der Waals surface area contributed by atoms with Crippen LogP contribution in [0.15, 0.2) is 17.3 Å². The van der Waals surface area contributed by atoms with Crippen LogP contribution in [0.3, 0.4) is 0 Å². The number of amidine groups is 1. The molecule has 1 aromatic rings. The zero-order valence-electron chi connectivity index (χ0n) is 8.97. The third-order valence-electron chi connectivity index (χ3n) is 1.94. The fourth-order valence-electron chi connectivity index (χ4n) is 1.08. The quantitative estimate of drug-likeness (QED) is 0.273. The van der Waals surface area contributed by atoms with Gasteiger partial charge in [0.15, 0.2) is 11.6 Å². The largest absolute Gasteiger partial charge is 0.490 e. The monoisotopic (exact) mass is 261 g/mol. The van der Waals surface area contributed by atoms with E-state index >= 15 is 0 Å². The van der Waals surface area contributed by atoms with Gasteiger partial charge in [0, 0.05) is 12.5 Å². The minimum Gasteiger partial charge on any atom is -0.490 e. The zero-order chi connectivity index (χ0) is 13.7. The van der Waals surface area contributed by atoms with Gasteiger partial charge in [-0.1, -0.05) is 5.16 Å². The van der Waals surface area contributed by atoms with Gasteiger partial charge >= 0.3 is 5.69 Å². The molecule has 0 aliphatic rings. The van der Waals surface area contributed by atoms with Gasteiger partial charge in [-0.3, -0.25) is 10.1 Å². The molecule has 0 aromatic heterocycles. The van der Waals surface area contributed by atoms with E-state index in [0.29, 0.717) is 12.1 Å². The summed E-state index contributed by atoms with van der Waals surface area (Å²) < 4.78 is 31.3. The molecule has 0 fully saturated rings. The highest BCUT2D eigenvalue weighted by Crippen LogP contribution is 2.26. The fraction of sp³-hybridized carbons (Fsp3) is 0.222. The summed E-state index contributed by atoms with van der Waals surface area (Å²) in [5.41, 5.74) is 4.16. The number of ether oxygens (including phenoxy) is 1. The molecule has 1 rings (SSSR count). The number of benzene rings is 1. The number of nitrogens with two attached hydrogens (primary N) is 1. The molecule has 98 valence electrons. The van der Waals surface area contributed by atoms with Crippen molar-refractivity contribution in [2.24, 2.45) is 10.9 Å². The summed E-state index contributed by atoms with van der Waals surface area (Å²) in [6, 6.07) is 0.994. The highest BCUT2D eigenvalue weighted by Gasteiger charge is 2.19. The van der Waals surface area contributed by atoms with E-state index in [0.717, 1.165) is 0 Å². The third kappa shape index (κ3) is 3.27. The van der Waals surface area contributed by atoms with Gasteiger partial charge in [0.05, 0.1) is 17.6 Å². The number of nitro benzene ring substituents is 1. The van der Waals surface area contributed by atoms with Crippen molar-refractivity contribution in [2.75, 3.05) is 6.61 Å². The molecule has 1 aromatic carbocycles.